The van der Waals surface area contributed by atoms with Crippen molar-refractivity contribution in [1.29, 1.82) is 0 Å². The summed E-state index contributed by atoms with van der Waals surface area (Å²) in [5.74, 6) is 2.61. The first-order valence-corrected chi connectivity index (χ1v) is 9.81. The van der Waals surface area contributed by atoms with E-state index in [1.54, 1.807) is 21.1 Å². The summed E-state index contributed by atoms with van der Waals surface area (Å²) in [6.07, 6.45) is 4.46. The molecule has 0 atom stereocenters. The number of unbranched alkanes of at least 4 members (excludes halogenated alkanes) is 1. The van der Waals surface area contributed by atoms with Gasteiger partial charge in [-0.25, -0.2) is 0 Å². The molecule has 1 aromatic rings. The van der Waals surface area contributed by atoms with Crippen molar-refractivity contribution >= 4 is 47.6 Å². The minimum absolute atomic E-state index is 0. The molecule has 2 N–H and O–H groups in total. The van der Waals surface area contributed by atoms with Crippen molar-refractivity contribution in [2.45, 2.75) is 19.4 Å². The summed E-state index contributed by atoms with van der Waals surface area (Å²) < 4.78 is 5.54. The van der Waals surface area contributed by atoms with Crippen LogP contribution >= 0.6 is 35.7 Å². The number of thioether (sulfide) groups is 1. The van der Waals surface area contributed by atoms with Crippen LogP contribution in [0.4, 0.5) is 0 Å². The van der Waals surface area contributed by atoms with Crippen molar-refractivity contribution in [3.05, 3.63) is 29.8 Å². The highest BCUT2D eigenvalue weighted by molar-refractivity contribution is 14.0. The summed E-state index contributed by atoms with van der Waals surface area (Å²) >= 11 is 1.87. The Balaban J connectivity index is 0.00000625. The number of hydrogen-bond donors (Lipinski definition) is 2. The minimum atomic E-state index is -0.0606. The van der Waals surface area contributed by atoms with Crippen molar-refractivity contribution in [3.8, 4) is 5.75 Å². The van der Waals surface area contributed by atoms with Gasteiger partial charge >= 0.3 is 0 Å². The first-order chi connectivity index (χ1) is 12.1. The molecule has 0 saturated heterocycles. The molecule has 26 heavy (non-hydrogen) atoms. The summed E-state index contributed by atoms with van der Waals surface area (Å²) in [5, 5.41) is 6.60. The van der Waals surface area contributed by atoms with Crippen LogP contribution in [0, 0.1) is 0 Å². The van der Waals surface area contributed by atoms with Gasteiger partial charge in [-0.1, -0.05) is 12.1 Å². The summed E-state index contributed by atoms with van der Waals surface area (Å²) in [5.41, 5.74) is 1.07. The van der Waals surface area contributed by atoms with Gasteiger partial charge in [0.15, 0.2) is 12.6 Å². The lowest BCUT2D eigenvalue weighted by atomic mass is 10.2. The summed E-state index contributed by atoms with van der Waals surface area (Å²) in [7, 11) is 5.20. The Morgan fingerprint density at radius 1 is 1.27 bits per heavy atom. The zero-order chi connectivity index (χ0) is 18.5. The van der Waals surface area contributed by atoms with Gasteiger partial charge in [0, 0.05) is 34.2 Å². The highest BCUT2D eigenvalue weighted by atomic mass is 127. The van der Waals surface area contributed by atoms with E-state index < -0.39 is 0 Å². The maximum absolute atomic E-state index is 11.6. The number of halogens is 1. The third-order valence-corrected chi connectivity index (χ3v) is 4.21. The van der Waals surface area contributed by atoms with Crippen molar-refractivity contribution in [3.63, 3.8) is 0 Å². The van der Waals surface area contributed by atoms with E-state index in [1.807, 2.05) is 36.0 Å². The van der Waals surface area contributed by atoms with Gasteiger partial charge in [0.1, 0.15) is 5.75 Å². The fourth-order valence-corrected chi connectivity index (χ4v) is 2.50. The first kappa shape index (κ1) is 24.8. The fourth-order valence-electron chi connectivity index (χ4n) is 2.00. The average Bonchev–Trinajstić information content (AvgIpc) is 2.62. The lowest BCUT2D eigenvalue weighted by molar-refractivity contribution is -0.130. The minimum Gasteiger partial charge on any atom is -0.484 e. The second-order valence-electron chi connectivity index (χ2n) is 5.78. The molecule has 0 fully saturated rings. The van der Waals surface area contributed by atoms with Crippen LogP contribution in [-0.4, -0.2) is 63.1 Å². The Bertz CT molecular complexity index is 556. The van der Waals surface area contributed by atoms with E-state index in [0.29, 0.717) is 12.3 Å². The molecule has 0 heterocycles. The van der Waals surface area contributed by atoms with E-state index in [1.165, 1.54) is 17.1 Å². The number of nitrogens with zero attached hydrogens (tertiary/aromatic N) is 2. The summed E-state index contributed by atoms with van der Waals surface area (Å²) in [4.78, 5) is 17.3. The van der Waals surface area contributed by atoms with Crippen molar-refractivity contribution in [2.24, 2.45) is 4.99 Å². The molecule has 0 aliphatic carbocycles. The zero-order valence-corrected chi connectivity index (χ0v) is 19.2. The first-order valence-electron chi connectivity index (χ1n) is 8.42. The predicted octanol–water partition coefficient (Wildman–Crippen LogP) is 2.58. The Morgan fingerprint density at radius 3 is 2.69 bits per heavy atom. The van der Waals surface area contributed by atoms with E-state index >= 15 is 0 Å². The number of guanidine groups is 1. The van der Waals surface area contributed by atoms with Gasteiger partial charge in [0.25, 0.3) is 5.91 Å². The smallest absolute Gasteiger partial charge is 0.259 e. The van der Waals surface area contributed by atoms with E-state index in [9.17, 15) is 4.79 Å². The second kappa shape index (κ2) is 15.0. The number of benzene rings is 1. The monoisotopic (exact) mass is 494 g/mol. The molecular formula is C18H31IN4O2S. The normalized spacial score (nSPS) is 10.7. The number of ether oxygens (including phenoxy) is 1. The molecule has 1 rings (SSSR count). The van der Waals surface area contributed by atoms with Crippen LogP contribution in [0.5, 0.6) is 5.75 Å². The molecule has 0 spiro atoms. The molecule has 0 bridgehead atoms. The number of carbonyl (C=O) groups is 1. The highest BCUT2D eigenvalue weighted by Crippen LogP contribution is 2.13. The van der Waals surface area contributed by atoms with Crippen LogP contribution in [0.25, 0.3) is 0 Å². The molecule has 0 unspecified atom stereocenters. The number of carbonyl (C=O) groups excluding carboxylic acids is 1. The maximum atomic E-state index is 11.6. The van der Waals surface area contributed by atoms with Gasteiger partial charge in [0.2, 0.25) is 0 Å². The van der Waals surface area contributed by atoms with E-state index in [2.05, 4.69) is 21.9 Å². The van der Waals surface area contributed by atoms with E-state index in [4.69, 9.17) is 4.74 Å². The lowest BCUT2D eigenvalue weighted by Gasteiger charge is -2.13. The molecule has 148 valence electrons. The van der Waals surface area contributed by atoms with Crippen molar-refractivity contribution in [1.82, 2.24) is 15.5 Å². The predicted molar refractivity (Wildman–Crippen MR) is 122 cm³/mol. The van der Waals surface area contributed by atoms with Crippen molar-refractivity contribution < 1.29 is 9.53 Å². The number of likely N-dealkylation sites (N-methyl/N-ethyl adjacent to an activating group) is 1. The van der Waals surface area contributed by atoms with Crippen LogP contribution in [0.1, 0.15) is 18.4 Å². The Hall–Kier alpha value is -1.16. The molecule has 0 aliphatic rings. The van der Waals surface area contributed by atoms with E-state index in [-0.39, 0.29) is 36.5 Å². The van der Waals surface area contributed by atoms with Gasteiger partial charge < -0.3 is 20.3 Å². The zero-order valence-electron chi connectivity index (χ0n) is 16.1. The van der Waals surface area contributed by atoms with Crippen LogP contribution in [0.3, 0.4) is 0 Å². The van der Waals surface area contributed by atoms with Gasteiger partial charge in [-0.05, 0) is 42.5 Å². The SMILES string of the molecule is CN=C(NCCCCSC)NCc1cccc(OCC(=O)N(C)C)c1.I. The lowest BCUT2D eigenvalue weighted by Crippen LogP contribution is -2.37. The maximum Gasteiger partial charge on any atom is 0.259 e. The number of rotatable bonds is 10. The quantitative estimate of drug-likeness (QED) is 0.227. The molecule has 0 aromatic heterocycles. The number of nitrogens with one attached hydrogen (secondary N) is 2. The third kappa shape index (κ3) is 10.7. The summed E-state index contributed by atoms with van der Waals surface area (Å²) in [6.45, 7) is 1.60. The number of hydrogen-bond acceptors (Lipinski definition) is 4. The van der Waals surface area contributed by atoms with Crippen LogP contribution in [0.2, 0.25) is 0 Å². The van der Waals surface area contributed by atoms with Gasteiger partial charge in [-0.2, -0.15) is 11.8 Å². The molecule has 8 heteroatoms. The molecule has 1 amide bonds. The van der Waals surface area contributed by atoms with E-state index in [0.717, 1.165) is 24.5 Å². The third-order valence-electron chi connectivity index (χ3n) is 3.51. The molecular weight excluding hydrogens is 463 g/mol. The van der Waals surface area contributed by atoms with Gasteiger partial charge in [-0.15, -0.1) is 24.0 Å². The molecule has 0 saturated carbocycles. The Labute approximate surface area is 178 Å². The van der Waals surface area contributed by atoms with Crippen LogP contribution in [-0.2, 0) is 11.3 Å². The second-order valence-corrected chi connectivity index (χ2v) is 6.76. The number of amides is 1. The van der Waals surface area contributed by atoms with Gasteiger partial charge in [0.05, 0.1) is 0 Å². The van der Waals surface area contributed by atoms with Crippen LogP contribution in [0.15, 0.2) is 29.3 Å². The molecule has 0 aliphatic heterocycles. The Kier molecular flexibility index (Phi) is 14.3. The fraction of sp³-hybridized carbons (Fsp3) is 0.556. The average molecular weight is 494 g/mol. The van der Waals surface area contributed by atoms with Crippen LogP contribution < -0.4 is 15.4 Å². The molecule has 0 radical (unpaired) electrons. The van der Waals surface area contributed by atoms with Crippen molar-refractivity contribution in [2.75, 3.05) is 46.3 Å². The number of aliphatic imine (C=N–C) groups is 1. The highest BCUT2D eigenvalue weighted by Gasteiger charge is 2.05. The standard InChI is InChI=1S/C18H30N4O2S.HI/c1-19-18(20-10-5-6-11-25-4)21-13-15-8-7-9-16(12-15)24-14-17(23)22(2)3;/h7-9,12H,5-6,10-11,13-14H2,1-4H3,(H2,19,20,21);1H. The summed E-state index contributed by atoms with van der Waals surface area (Å²) in [6, 6.07) is 7.72. The molecule has 6 nitrogen and oxygen atoms in total. The Morgan fingerprint density at radius 2 is 2.04 bits per heavy atom. The molecule has 1 aromatic carbocycles. The topological polar surface area (TPSA) is 66.0 Å². The van der Waals surface area contributed by atoms with Gasteiger partial charge in [-0.3, -0.25) is 9.79 Å². The largest absolute Gasteiger partial charge is 0.484 e.